The van der Waals surface area contributed by atoms with Crippen LogP contribution in [0.25, 0.3) is 0 Å². The highest BCUT2D eigenvalue weighted by atomic mass is 32.1. The van der Waals surface area contributed by atoms with Crippen LogP contribution in [0.15, 0.2) is 18.6 Å². The number of nitrogens with zero attached hydrogens (tertiary/aromatic N) is 5. The first-order valence-corrected chi connectivity index (χ1v) is 11.4. The summed E-state index contributed by atoms with van der Waals surface area (Å²) in [6, 6.07) is 0. The monoisotopic (exact) mass is 401 g/mol. The zero-order valence-electron chi connectivity index (χ0n) is 17.0. The van der Waals surface area contributed by atoms with Crippen molar-refractivity contribution in [2.45, 2.75) is 51.9 Å². The largest absolute Gasteiger partial charge is 0.476 e. The van der Waals surface area contributed by atoms with E-state index in [4.69, 9.17) is 4.74 Å². The Morgan fingerprint density at radius 3 is 2.39 bits per heavy atom. The molecule has 0 aliphatic carbocycles. The molecule has 2 aromatic heterocycles. The van der Waals surface area contributed by atoms with E-state index in [0.29, 0.717) is 17.7 Å². The van der Waals surface area contributed by atoms with Gasteiger partial charge in [-0.3, -0.25) is 0 Å². The molecule has 0 bridgehead atoms. The lowest BCUT2D eigenvalue weighted by atomic mass is 9.98. The number of piperidine rings is 2. The van der Waals surface area contributed by atoms with Crippen molar-refractivity contribution >= 4 is 22.2 Å². The molecular formula is C21H31N5OS. The highest BCUT2D eigenvalue weighted by Gasteiger charge is 2.22. The Morgan fingerprint density at radius 2 is 1.75 bits per heavy atom. The second-order valence-corrected chi connectivity index (χ2v) is 9.23. The summed E-state index contributed by atoms with van der Waals surface area (Å²) < 4.78 is 5.94. The van der Waals surface area contributed by atoms with Crippen LogP contribution in [0.5, 0.6) is 5.88 Å². The number of rotatable bonds is 6. The molecule has 0 aromatic carbocycles. The number of aromatic nitrogens is 3. The molecule has 2 aliphatic rings. The minimum atomic E-state index is 0.507. The van der Waals surface area contributed by atoms with E-state index in [1.807, 2.05) is 23.7 Å². The Labute approximate surface area is 172 Å². The standard InChI is InChI=1S/C21H31N5OS/c1-16(2)21-24-14-20(28-21)26-10-6-17(7-11-26)15-27-19-13-22-18(12-23-19)25-8-4-3-5-9-25/h12-14,16-17H,3-11,15H2,1-2H3. The summed E-state index contributed by atoms with van der Waals surface area (Å²) in [4.78, 5) is 18.4. The van der Waals surface area contributed by atoms with Crippen molar-refractivity contribution in [3.8, 4) is 5.88 Å². The molecule has 7 heteroatoms. The molecule has 152 valence electrons. The topological polar surface area (TPSA) is 54.4 Å². The molecule has 0 saturated carbocycles. The van der Waals surface area contributed by atoms with Crippen molar-refractivity contribution in [2.75, 3.05) is 42.6 Å². The summed E-state index contributed by atoms with van der Waals surface area (Å²) in [5, 5.41) is 2.54. The Bertz CT molecular complexity index is 734. The van der Waals surface area contributed by atoms with Crippen LogP contribution >= 0.6 is 11.3 Å². The maximum Gasteiger partial charge on any atom is 0.232 e. The fourth-order valence-corrected chi connectivity index (χ4v) is 4.86. The molecule has 0 amide bonds. The molecular weight excluding hydrogens is 370 g/mol. The van der Waals surface area contributed by atoms with Gasteiger partial charge in [0.2, 0.25) is 5.88 Å². The van der Waals surface area contributed by atoms with Gasteiger partial charge in [-0.1, -0.05) is 13.8 Å². The number of ether oxygens (including phenoxy) is 1. The van der Waals surface area contributed by atoms with E-state index in [0.717, 1.165) is 51.4 Å². The van der Waals surface area contributed by atoms with E-state index < -0.39 is 0 Å². The van der Waals surface area contributed by atoms with Crippen LogP contribution in [0, 0.1) is 5.92 Å². The van der Waals surface area contributed by atoms with Crippen LogP contribution in [-0.2, 0) is 0 Å². The first-order valence-electron chi connectivity index (χ1n) is 10.6. The van der Waals surface area contributed by atoms with Gasteiger partial charge in [-0.05, 0) is 38.0 Å². The van der Waals surface area contributed by atoms with Gasteiger partial charge in [0.15, 0.2) is 0 Å². The Kier molecular flexibility index (Phi) is 6.29. The molecule has 4 heterocycles. The minimum absolute atomic E-state index is 0.507. The van der Waals surface area contributed by atoms with Crippen molar-refractivity contribution in [1.82, 2.24) is 15.0 Å². The fourth-order valence-electron chi connectivity index (χ4n) is 3.89. The molecule has 2 saturated heterocycles. The summed E-state index contributed by atoms with van der Waals surface area (Å²) in [6.07, 6.45) is 11.8. The summed E-state index contributed by atoms with van der Waals surface area (Å²) >= 11 is 1.83. The van der Waals surface area contributed by atoms with E-state index in [1.165, 1.54) is 29.3 Å². The van der Waals surface area contributed by atoms with E-state index in [1.54, 1.807) is 6.20 Å². The zero-order valence-corrected chi connectivity index (χ0v) is 17.8. The van der Waals surface area contributed by atoms with Gasteiger partial charge in [-0.15, -0.1) is 11.3 Å². The van der Waals surface area contributed by atoms with Crippen LogP contribution < -0.4 is 14.5 Å². The van der Waals surface area contributed by atoms with Crippen molar-refractivity contribution < 1.29 is 4.74 Å². The molecule has 0 radical (unpaired) electrons. The van der Waals surface area contributed by atoms with Gasteiger partial charge >= 0.3 is 0 Å². The number of thiazole rings is 1. The van der Waals surface area contributed by atoms with Crippen LogP contribution in [0.4, 0.5) is 10.8 Å². The Morgan fingerprint density at radius 1 is 0.964 bits per heavy atom. The van der Waals surface area contributed by atoms with Gasteiger partial charge in [0.25, 0.3) is 0 Å². The van der Waals surface area contributed by atoms with Gasteiger partial charge in [-0.2, -0.15) is 0 Å². The lowest BCUT2D eigenvalue weighted by Gasteiger charge is -2.32. The summed E-state index contributed by atoms with van der Waals surface area (Å²) in [6.45, 7) is 9.46. The van der Waals surface area contributed by atoms with E-state index in [9.17, 15) is 0 Å². The van der Waals surface area contributed by atoms with Crippen LogP contribution in [0.1, 0.15) is 56.9 Å². The quantitative estimate of drug-likeness (QED) is 0.718. The number of hydrogen-bond acceptors (Lipinski definition) is 7. The van der Waals surface area contributed by atoms with E-state index >= 15 is 0 Å². The van der Waals surface area contributed by atoms with Crippen LogP contribution in [0.2, 0.25) is 0 Å². The maximum absolute atomic E-state index is 5.94. The highest BCUT2D eigenvalue weighted by Crippen LogP contribution is 2.31. The van der Waals surface area contributed by atoms with E-state index in [-0.39, 0.29) is 0 Å². The molecule has 4 rings (SSSR count). The number of anilines is 2. The normalized spacial score (nSPS) is 18.7. The third kappa shape index (κ3) is 4.74. The first-order chi connectivity index (χ1) is 13.7. The van der Waals surface area contributed by atoms with Gasteiger partial charge in [0.05, 0.1) is 30.2 Å². The van der Waals surface area contributed by atoms with Crippen molar-refractivity contribution in [3.05, 3.63) is 23.6 Å². The lowest BCUT2D eigenvalue weighted by molar-refractivity contribution is 0.215. The second-order valence-electron chi connectivity index (χ2n) is 8.19. The predicted molar refractivity (Wildman–Crippen MR) is 115 cm³/mol. The average molecular weight is 402 g/mol. The van der Waals surface area contributed by atoms with Crippen molar-refractivity contribution in [2.24, 2.45) is 5.92 Å². The molecule has 2 aliphatic heterocycles. The number of hydrogen-bond donors (Lipinski definition) is 0. The van der Waals surface area contributed by atoms with Gasteiger partial charge in [0.1, 0.15) is 10.8 Å². The van der Waals surface area contributed by atoms with Gasteiger partial charge in [0, 0.05) is 32.1 Å². The highest BCUT2D eigenvalue weighted by molar-refractivity contribution is 7.15. The molecule has 0 atom stereocenters. The molecule has 28 heavy (non-hydrogen) atoms. The zero-order chi connectivity index (χ0) is 19.3. The molecule has 2 fully saturated rings. The minimum Gasteiger partial charge on any atom is -0.476 e. The summed E-state index contributed by atoms with van der Waals surface area (Å²) in [7, 11) is 0. The Balaban J connectivity index is 1.22. The van der Waals surface area contributed by atoms with Crippen LogP contribution in [0.3, 0.4) is 0 Å². The van der Waals surface area contributed by atoms with Crippen molar-refractivity contribution in [3.63, 3.8) is 0 Å². The predicted octanol–water partition coefficient (Wildman–Crippen LogP) is 4.34. The molecule has 0 N–H and O–H groups in total. The summed E-state index contributed by atoms with van der Waals surface area (Å²) in [5.74, 6) is 2.71. The SMILES string of the molecule is CC(C)c1ncc(N2CCC(COc3cnc(N4CCCCC4)cn3)CC2)s1. The molecule has 6 nitrogen and oxygen atoms in total. The first kappa shape index (κ1) is 19.4. The smallest absolute Gasteiger partial charge is 0.232 e. The van der Waals surface area contributed by atoms with E-state index in [2.05, 4.69) is 38.6 Å². The van der Waals surface area contributed by atoms with Crippen molar-refractivity contribution in [1.29, 1.82) is 0 Å². The average Bonchev–Trinajstić information content (AvgIpc) is 3.24. The van der Waals surface area contributed by atoms with Gasteiger partial charge < -0.3 is 14.5 Å². The molecule has 0 spiro atoms. The lowest BCUT2D eigenvalue weighted by Crippen LogP contribution is -2.35. The Hall–Kier alpha value is -1.89. The molecule has 0 unspecified atom stereocenters. The third-order valence-corrected chi connectivity index (χ3v) is 7.05. The van der Waals surface area contributed by atoms with Crippen LogP contribution in [-0.4, -0.2) is 47.7 Å². The maximum atomic E-state index is 5.94. The van der Waals surface area contributed by atoms with Gasteiger partial charge in [-0.25, -0.2) is 15.0 Å². The molecule has 2 aromatic rings. The summed E-state index contributed by atoms with van der Waals surface area (Å²) in [5.41, 5.74) is 0. The second kappa shape index (κ2) is 9.07. The fraction of sp³-hybridized carbons (Fsp3) is 0.667. The third-order valence-electron chi connectivity index (χ3n) is 5.69.